The third-order valence-electron chi connectivity index (χ3n) is 5.64. The summed E-state index contributed by atoms with van der Waals surface area (Å²) >= 11 is 5.87. The SMILES string of the molecule is Cn1cnc2nc(-c3ccc(N4CCNCC4)cc3)nc(NCc3ccc(Cl)cc3F)c21. The smallest absolute Gasteiger partial charge is 0.183 e. The van der Waals surface area contributed by atoms with Crippen molar-refractivity contribution in [2.75, 3.05) is 36.4 Å². The first-order valence-electron chi connectivity index (χ1n) is 10.5. The van der Waals surface area contributed by atoms with Gasteiger partial charge in [0.25, 0.3) is 0 Å². The lowest BCUT2D eigenvalue weighted by molar-refractivity contribution is 0.589. The molecule has 4 aromatic rings. The van der Waals surface area contributed by atoms with Crippen LogP contribution in [0.15, 0.2) is 48.8 Å². The first kappa shape index (κ1) is 20.7. The maximum Gasteiger partial charge on any atom is 0.183 e. The molecule has 1 aliphatic heterocycles. The van der Waals surface area contributed by atoms with E-state index < -0.39 is 0 Å². The molecule has 0 radical (unpaired) electrons. The van der Waals surface area contributed by atoms with E-state index in [1.807, 2.05) is 23.7 Å². The highest BCUT2D eigenvalue weighted by molar-refractivity contribution is 6.30. The van der Waals surface area contributed by atoms with Crippen molar-refractivity contribution in [3.63, 3.8) is 0 Å². The zero-order chi connectivity index (χ0) is 22.1. The Bertz CT molecular complexity index is 1250. The molecule has 3 heterocycles. The van der Waals surface area contributed by atoms with Gasteiger partial charge in [-0.15, -0.1) is 0 Å². The fraction of sp³-hybridized carbons (Fsp3) is 0.261. The highest BCUT2D eigenvalue weighted by Gasteiger charge is 2.15. The van der Waals surface area contributed by atoms with Crippen LogP contribution in [0.25, 0.3) is 22.6 Å². The number of aromatic nitrogens is 4. The minimum atomic E-state index is -0.357. The van der Waals surface area contributed by atoms with Crippen molar-refractivity contribution < 1.29 is 4.39 Å². The van der Waals surface area contributed by atoms with Crippen LogP contribution in [0.3, 0.4) is 0 Å². The molecular formula is C23H23ClFN7. The molecule has 164 valence electrons. The monoisotopic (exact) mass is 451 g/mol. The summed E-state index contributed by atoms with van der Waals surface area (Å²) in [6.45, 7) is 4.23. The molecule has 0 unspecified atom stereocenters. The maximum atomic E-state index is 14.2. The molecule has 2 aromatic heterocycles. The number of halogens is 2. The predicted octanol–water partition coefficient (Wildman–Crippen LogP) is 3.84. The summed E-state index contributed by atoms with van der Waals surface area (Å²) in [6, 6.07) is 12.9. The van der Waals surface area contributed by atoms with Gasteiger partial charge in [-0.1, -0.05) is 17.7 Å². The van der Waals surface area contributed by atoms with E-state index in [0.717, 1.165) is 37.3 Å². The van der Waals surface area contributed by atoms with E-state index >= 15 is 0 Å². The lowest BCUT2D eigenvalue weighted by Crippen LogP contribution is -2.43. The minimum Gasteiger partial charge on any atom is -0.369 e. The highest BCUT2D eigenvalue weighted by atomic mass is 35.5. The third-order valence-corrected chi connectivity index (χ3v) is 5.88. The summed E-state index contributed by atoms with van der Waals surface area (Å²) in [5.41, 5.74) is 3.94. The number of anilines is 2. The molecule has 0 spiro atoms. The van der Waals surface area contributed by atoms with Gasteiger partial charge in [0.2, 0.25) is 0 Å². The van der Waals surface area contributed by atoms with Gasteiger partial charge in [-0.05, 0) is 36.4 Å². The van der Waals surface area contributed by atoms with Crippen molar-refractivity contribution in [1.29, 1.82) is 0 Å². The molecule has 0 aliphatic carbocycles. The Hall–Kier alpha value is -3.23. The summed E-state index contributed by atoms with van der Waals surface area (Å²) in [5, 5.41) is 6.99. The number of nitrogens with one attached hydrogen (secondary N) is 2. The van der Waals surface area contributed by atoms with E-state index in [2.05, 4.69) is 37.6 Å². The van der Waals surface area contributed by atoms with Crippen molar-refractivity contribution >= 4 is 34.3 Å². The van der Waals surface area contributed by atoms with Crippen LogP contribution < -0.4 is 15.5 Å². The fourth-order valence-electron chi connectivity index (χ4n) is 3.90. The van der Waals surface area contributed by atoms with E-state index in [1.54, 1.807) is 18.5 Å². The summed E-state index contributed by atoms with van der Waals surface area (Å²) in [6.07, 6.45) is 1.70. The molecule has 0 saturated carbocycles. The normalized spacial score (nSPS) is 14.2. The van der Waals surface area contributed by atoms with Crippen LogP contribution in [-0.4, -0.2) is 45.7 Å². The Morgan fingerprint density at radius 2 is 1.88 bits per heavy atom. The number of fused-ring (bicyclic) bond motifs is 1. The Morgan fingerprint density at radius 3 is 2.62 bits per heavy atom. The van der Waals surface area contributed by atoms with Gasteiger partial charge < -0.3 is 20.1 Å². The van der Waals surface area contributed by atoms with E-state index in [1.165, 1.54) is 11.8 Å². The van der Waals surface area contributed by atoms with Gasteiger partial charge in [0.1, 0.15) is 11.3 Å². The maximum absolute atomic E-state index is 14.2. The van der Waals surface area contributed by atoms with E-state index in [9.17, 15) is 4.39 Å². The number of nitrogens with zero attached hydrogens (tertiary/aromatic N) is 5. The topological polar surface area (TPSA) is 70.9 Å². The molecule has 1 saturated heterocycles. The average Bonchev–Trinajstić information content (AvgIpc) is 3.20. The number of rotatable bonds is 5. The van der Waals surface area contributed by atoms with E-state index in [0.29, 0.717) is 27.9 Å². The number of benzene rings is 2. The van der Waals surface area contributed by atoms with Crippen molar-refractivity contribution in [2.24, 2.45) is 7.05 Å². The van der Waals surface area contributed by atoms with Crippen LogP contribution in [0.1, 0.15) is 5.56 Å². The van der Waals surface area contributed by atoms with Gasteiger partial charge in [-0.25, -0.2) is 19.3 Å². The number of aryl methyl sites for hydroxylation is 1. The average molecular weight is 452 g/mol. The second-order valence-electron chi connectivity index (χ2n) is 7.80. The highest BCUT2D eigenvalue weighted by Crippen LogP contribution is 2.27. The van der Waals surface area contributed by atoms with Gasteiger partial charge in [-0.3, -0.25) is 0 Å². The van der Waals surface area contributed by atoms with Crippen molar-refractivity contribution in [3.8, 4) is 11.4 Å². The van der Waals surface area contributed by atoms with Crippen LogP contribution in [0, 0.1) is 5.82 Å². The number of hydrogen-bond acceptors (Lipinski definition) is 6. The molecule has 2 N–H and O–H groups in total. The van der Waals surface area contributed by atoms with Crippen LogP contribution in [0.4, 0.5) is 15.9 Å². The number of imidazole rings is 1. The van der Waals surface area contributed by atoms with Gasteiger partial charge in [0.05, 0.1) is 6.33 Å². The van der Waals surface area contributed by atoms with Crippen molar-refractivity contribution in [1.82, 2.24) is 24.8 Å². The zero-order valence-corrected chi connectivity index (χ0v) is 18.4. The fourth-order valence-corrected chi connectivity index (χ4v) is 4.06. The largest absolute Gasteiger partial charge is 0.369 e. The molecule has 0 amide bonds. The summed E-state index contributed by atoms with van der Waals surface area (Å²) in [5.74, 6) is 0.816. The van der Waals surface area contributed by atoms with Gasteiger partial charge >= 0.3 is 0 Å². The molecular weight excluding hydrogens is 429 g/mol. The minimum absolute atomic E-state index is 0.266. The molecule has 9 heteroatoms. The summed E-state index contributed by atoms with van der Waals surface area (Å²) in [7, 11) is 1.88. The van der Waals surface area contributed by atoms with Gasteiger partial charge in [-0.2, -0.15) is 0 Å². The zero-order valence-electron chi connectivity index (χ0n) is 17.6. The standard InChI is InChI=1S/C23H23ClFN7/c1-31-14-28-23-20(31)22(27-13-16-2-5-17(24)12-19(16)25)29-21(30-23)15-3-6-18(7-4-15)32-10-8-26-9-11-32/h2-7,12,14,26H,8-11,13H2,1H3,(H,27,29,30). The molecule has 0 bridgehead atoms. The summed E-state index contributed by atoms with van der Waals surface area (Å²) in [4.78, 5) is 16.2. The molecule has 7 nitrogen and oxygen atoms in total. The van der Waals surface area contributed by atoms with Crippen LogP contribution in [-0.2, 0) is 13.6 Å². The third kappa shape index (κ3) is 4.11. The Morgan fingerprint density at radius 1 is 1.09 bits per heavy atom. The Labute approximate surface area is 190 Å². The predicted molar refractivity (Wildman–Crippen MR) is 126 cm³/mol. The Kier molecular flexibility index (Phi) is 5.63. The Balaban J connectivity index is 1.45. The first-order valence-corrected chi connectivity index (χ1v) is 10.9. The van der Waals surface area contributed by atoms with Gasteiger partial charge in [0.15, 0.2) is 17.3 Å². The second-order valence-corrected chi connectivity index (χ2v) is 8.23. The number of hydrogen-bond donors (Lipinski definition) is 2. The lowest BCUT2D eigenvalue weighted by atomic mass is 10.1. The number of piperazine rings is 1. The molecule has 5 rings (SSSR count). The van der Waals surface area contributed by atoms with E-state index in [-0.39, 0.29) is 12.4 Å². The second kappa shape index (κ2) is 8.72. The quantitative estimate of drug-likeness (QED) is 0.480. The van der Waals surface area contributed by atoms with Crippen LogP contribution >= 0.6 is 11.6 Å². The molecule has 32 heavy (non-hydrogen) atoms. The molecule has 2 aromatic carbocycles. The van der Waals surface area contributed by atoms with Crippen LogP contribution in [0.5, 0.6) is 0 Å². The van der Waals surface area contributed by atoms with E-state index in [4.69, 9.17) is 16.6 Å². The lowest BCUT2D eigenvalue weighted by Gasteiger charge is -2.29. The molecule has 0 atom stereocenters. The van der Waals surface area contributed by atoms with Crippen molar-refractivity contribution in [3.05, 3.63) is 65.2 Å². The molecule has 1 aliphatic rings. The van der Waals surface area contributed by atoms with Crippen LogP contribution in [0.2, 0.25) is 5.02 Å². The van der Waals surface area contributed by atoms with Crippen molar-refractivity contribution in [2.45, 2.75) is 6.54 Å². The molecule has 1 fully saturated rings. The first-order chi connectivity index (χ1) is 15.6. The summed E-state index contributed by atoms with van der Waals surface area (Å²) < 4.78 is 16.1. The van der Waals surface area contributed by atoms with Gasteiger partial charge in [0, 0.05) is 61.6 Å².